The number of rotatable bonds is 8. The predicted molar refractivity (Wildman–Crippen MR) is 239 cm³/mol. The van der Waals surface area contributed by atoms with Crippen molar-refractivity contribution in [1.29, 1.82) is 0 Å². The third-order valence-corrected chi connectivity index (χ3v) is 14.6. The second kappa shape index (κ2) is 15.9. The molecule has 2 aromatic heterocycles. The zero-order valence-electron chi connectivity index (χ0n) is 35.4. The molecule has 0 bridgehead atoms. The maximum Gasteiger partial charge on any atom is 0.268 e. The van der Waals surface area contributed by atoms with Crippen molar-refractivity contribution in [1.82, 2.24) is 35.3 Å². The molecule has 3 saturated heterocycles. The van der Waals surface area contributed by atoms with Crippen LogP contribution in [-0.2, 0) is 11.8 Å². The van der Waals surface area contributed by atoms with Crippen LogP contribution < -0.4 is 25.8 Å². The van der Waals surface area contributed by atoms with E-state index < -0.39 is 18.1 Å². The van der Waals surface area contributed by atoms with Crippen LogP contribution in [0.2, 0.25) is 5.02 Å². The average molecular weight is 867 g/mol. The van der Waals surface area contributed by atoms with Gasteiger partial charge >= 0.3 is 0 Å². The fourth-order valence-electron chi connectivity index (χ4n) is 10.5. The average Bonchev–Trinajstić information content (AvgIpc) is 4.06. The third kappa shape index (κ3) is 7.60. The minimum atomic E-state index is -2.82. The summed E-state index contributed by atoms with van der Waals surface area (Å²) in [6.07, 6.45) is 6.01. The number of halogens is 4. The van der Waals surface area contributed by atoms with Gasteiger partial charge in [-0.25, -0.2) is 18.2 Å². The molecule has 4 unspecified atom stereocenters. The van der Waals surface area contributed by atoms with Gasteiger partial charge in [0.25, 0.3) is 5.92 Å². The first kappa shape index (κ1) is 41.0. The van der Waals surface area contributed by atoms with Crippen LogP contribution in [0.15, 0.2) is 72.7 Å². The number of nitrogens with one attached hydrogen (secondary N) is 3. The number of anilines is 4. The van der Waals surface area contributed by atoms with Crippen LogP contribution in [0.3, 0.4) is 0 Å². The van der Waals surface area contributed by atoms with Crippen LogP contribution in [0.25, 0.3) is 16.6 Å². The molecule has 4 atom stereocenters. The van der Waals surface area contributed by atoms with E-state index in [-0.39, 0.29) is 43.0 Å². The van der Waals surface area contributed by atoms with Gasteiger partial charge in [0.15, 0.2) is 5.82 Å². The van der Waals surface area contributed by atoms with Gasteiger partial charge < -0.3 is 30.7 Å². The minimum Gasteiger partial charge on any atom is -0.375 e. The first-order valence-corrected chi connectivity index (χ1v) is 22.5. The number of likely N-dealkylation sites (tertiary alicyclic amines) is 1. The Morgan fingerprint density at radius 3 is 2.56 bits per heavy atom. The highest BCUT2D eigenvalue weighted by molar-refractivity contribution is 6.33. The number of amides is 1. The summed E-state index contributed by atoms with van der Waals surface area (Å²) >= 11 is 6.65. The number of piperidine rings is 3. The third-order valence-electron chi connectivity index (χ3n) is 14.4. The molecule has 1 aliphatic carbocycles. The largest absolute Gasteiger partial charge is 0.375 e. The van der Waals surface area contributed by atoms with E-state index in [1.807, 2.05) is 46.8 Å². The Hall–Kier alpha value is -5.08. The summed E-state index contributed by atoms with van der Waals surface area (Å²) in [5.74, 6) is -1.70. The molecule has 1 amide bonds. The molecule has 6 aliphatic rings. The molecule has 3 N–H and O–H groups in total. The maximum absolute atomic E-state index is 16.0. The smallest absolute Gasteiger partial charge is 0.268 e. The summed E-state index contributed by atoms with van der Waals surface area (Å²) in [6, 6.07) is 11.6. The number of aromatic nitrogens is 4. The number of allylic oxidation sites excluding steroid dienone is 2. The lowest BCUT2D eigenvalue weighted by Crippen LogP contribution is -2.47. The Morgan fingerprint density at radius 2 is 1.81 bits per heavy atom. The first-order valence-electron chi connectivity index (χ1n) is 22.1. The number of fused-ring (bicyclic) bond motifs is 3. The van der Waals surface area contributed by atoms with Crippen molar-refractivity contribution in [2.45, 2.75) is 87.8 Å². The number of likely N-dealkylation sites (N-methyl/N-ethyl adjacent to an activating group) is 1. The van der Waals surface area contributed by atoms with Gasteiger partial charge in [0.05, 0.1) is 35.7 Å². The number of aryl methyl sites for hydroxylation is 1. The number of benzene rings is 2. The second-order valence-corrected chi connectivity index (χ2v) is 18.7. The lowest BCUT2D eigenvalue weighted by Gasteiger charge is -2.39. The van der Waals surface area contributed by atoms with E-state index in [1.54, 1.807) is 6.20 Å². The van der Waals surface area contributed by atoms with Crippen LogP contribution in [0.4, 0.5) is 36.3 Å². The lowest BCUT2D eigenvalue weighted by molar-refractivity contribution is -0.121. The van der Waals surface area contributed by atoms with Crippen LogP contribution in [-0.4, -0.2) is 88.5 Å². The van der Waals surface area contributed by atoms with Crippen molar-refractivity contribution in [2.24, 2.45) is 18.9 Å². The standard InChI is InChI=1S/C47H54ClF3N10O/c1-26-33(10-12-41(62)53-26)43-35-9-7-30(21-40(35)59(4)57-43)28-14-18-60(19-15-28)24-31-16-20-61(25-38(31)49)46-52-23-37(48)45(56-46)54-32-8-11-39-36(22-32)42-34(27(2)58(39)3)13-17-47(50,51)44(55-42)29-5-6-29/h7-9,11,21-23,28-29,31,33,38,44,55H,1-2,5-6,10,12-20,24-25H2,3-4H3,(H,53,62)(H,52,54,56). The van der Waals surface area contributed by atoms with Crippen molar-refractivity contribution < 1.29 is 18.0 Å². The maximum atomic E-state index is 16.0. The van der Waals surface area contributed by atoms with E-state index in [1.165, 1.54) is 5.56 Å². The molecule has 62 heavy (non-hydrogen) atoms. The van der Waals surface area contributed by atoms with Gasteiger partial charge in [-0.1, -0.05) is 36.9 Å². The normalized spacial score (nSPS) is 25.9. The van der Waals surface area contributed by atoms with Crippen LogP contribution >= 0.6 is 11.6 Å². The monoisotopic (exact) mass is 866 g/mol. The van der Waals surface area contributed by atoms with E-state index in [0.29, 0.717) is 54.2 Å². The lowest BCUT2D eigenvalue weighted by atomic mass is 9.86. The molecule has 0 radical (unpaired) electrons. The van der Waals surface area contributed by atoms with Crippen molar-refractivity contribution in [3.63, 3.8) is 0 Å². The Kier molecular flexibility index (Phi) is 10.5. The molecule has 11 nitrogen and oxygen atoms in total. The highest BCUT2D eigenvalue weighted by Crippen LogP contribution is 2.49. The quantitative estimate of drug-likeness (QED) is 0.160. The van der Waals surface area contributed by atoms with Gasteiger partial charge in [-0.05, 0) is 105 Å². The Balaban J connectivity index is 0.767. The number of carbonyl (C=O) groups is 1. The van der Waals surface area contributed by atoms with E-state index in [4.69, 9.17) is 21.7 Å². The van der Waals surface area contributed by atoms with Crippen molar-refractivity contribution in [3.05, 3.63) is 94.6 Å². The van der Waals surface area contributed by atoms with E-state index in [2.05, 4.69) is 57.2 Å². The zero-order chi connectivity index (χ0) is 43.0. The van der Waals surface area contributed by atoms with Gasteiger partial charge in [-0.3, -0.25) is 9.48 Å². The molecule has 4 fully saturated rings. The highest BCUT2D eigenvalue weighted by atomic mass is 35.5. The Morgan fingerprint density at radius 1 is 1.00 bits per heavy atom. The van der Waals surface area contributed by atoms with Crippen LogP contribution in [0.1, 0.15) is 86.4 Å². The van der Waals surface area contributed by atoms with E-state index >= 15 is 13.2 Å². The van der Waals surface area contributed by atoms with Crippen LogP contribution in [0.5, 0.6) is 0 Å². The molecular weight excluding hydrogens is 813 g/mol. The number of carbonyl (C=O) groups excluding carboxylic acids is 1. The van der Waals surface area contributed by atoms with Gasteiger partial charge in [0.2, 0.25) is 11.9 Å². The molecule has 10 rings (SSSR count). The number of hydrogen-bond donors (Lipinski definition) is 3. The number of hydrogen-bond acceptors (Lipinski definition) is 9. The van der Waals surface area contributed by atoms with Gasteiger partial charge in [0.1, 0.15) is 11.2 Å². The molecular formula is C47H54ClF3N10O. The summed E-state index contributed by atoms with van der Waals surface area (Å²) in [7, 11) is 3.89. The highest BCUT2D eigenvalue weighted by Gasteiger charge is 2.50. The Labute approximate surface area is 365 Å². The Bertz CT molecular complexity index is 2490. The summed E-state index contributed by atoms with van der Waals surface area (Å²) in [6.45, 7) is 11.8. The molecule has 0 spiro atoms. The molecule has 4 aromatic rings. The van der Waals surface area contributed by atoms with Crippen molar-refractivity contribution in [3.8, 4) is 0 Å². The summed E-state index contributed by atoms with van der Waals surface area (Å²) < 4.78 is 48.7. The van der Waals surface area contributed by atoms with Gasteiger partial charge in [0, 0.05) is 85.6 Å². The van der Waals surface area contributed by atoms with Crippen molar-refractivity contribution in [2.75, 3.05) is 54.9 Å². The molecule has 5 aliphatic heterocycles. The summed E-state index contributed by atoms with van der Waals surface area (Å²) in [5.41, 5.74) is 8.72. The summed E-state index contributed by atoms with van der Waals surface area (Å²) in [5, 5.41) is 15.8. The zero-order valence-corrected chi connectivity index (χ0v) is 36.1. The van der Waals surface area contributed by atoms with Gasteiger partial charge in [-0.15, -0.1) is 0 Å². The fraction of sp³-hybridized carbons (Fsp3) is 0.489. The molecule has 2 aromatic carbocycles. The van der Waals surface area contributed by atoms with Crippen molar-refractivity contribution >= 4 is 57.2 Å². The second-order valence-electron chi connectivity index (χ2n) is 18.3. The molecule has 15 heteroatoms. The molecule has 1 saturated carbocycles. The van der Waals surface area contributed by atoms with Crippen LogP contribution in [0, 0.1) is 11.8 Å². The van der Waals surface area contributed by atoms with Gasteiger partial charge in [-0.2, -0.15) is 10.1 Å². The SMILES string of the molecule is C=C1NC(=O)CCC1c1nn(C)c2cc(C3CCN(CC4CCN(c5ncc(Cl)c(Nc6ccc7c(c6)C6=C(CCC(F)(F)C(C8CC8)N6)C(=C)N7C)n5)CC4F)CC3)ccc12. The molecule has 326 valence electrons. The predicted octanol–water partition coefficient (Wildman–Crippen LogP) is 8.78. The minimum absolute atomic E-state index is 0.0103. The number of nitrogens with zero attached hydrogens (tertiary/aromatic N) is 7. The molecule has 7 heterocycles. The van der Waals surface area contributed by atoms with E-state index in [0.717, 1.165) is 95.8 Å². The van der Waals surface area contributed by atoms with E-state index in [9.17, 15) is 4.79 Å². The fourth-order valence-corrected chi connectivity index (χ4v) is 10.7. The number of alkyl halides is 3. The topological polar surface area (TPSA) is 106 Å². The summed E-state index contributed by atoms with van der Waals surface area (Å²) in [4.78, 5) is 27.4. The first-order chi connectivity index (χ1) is 29.8.